The van der Waals surface area contributed by atoms with Gasteiger partial charge >= 0.3 is 0 Å². The van der Waals surface area contributed by atoms with Gasteiger partial charge in [0.2, 0.25) is 0 Å². The summed E-state index contributed by atoms with van der Waals surface area (Å²) in [4.78, 5) is 5.31. The molecule has 1 aliphatic rings. The Kier molecular flexibility index (Phi) is 6.99. The fourth-order valence-electron chi connectivity index (χ4n) is 2.48. The summed E-state index contributed by atoms with van der Waals surface area (Å²) in [7, 11) is 1.75. The van der Waals surface area contributed by atoms with Crippen LogP contribution in [0.3, 0.4) is 0 Å². The van der Waals surface area contributed by atoms with Crippen molar-refractivity contribution in [2.24, 2.45) is 10.9 Å². The van der Waals surface area contributed by atoms with Crippen molar-refractivity contribution in [3.8, 4) is 0 Å². The third-order valence-corrected chi connectivity index (χ3v) is 4.65. The Balaban J connectivity index is 1.84. The molecule has 2 N–H and O–H groups in total. The van der Waals surface area contributed by atoms with Crippen LogP contribution in [0.5, 0.6) is 0 Å². The molecule has 0 saturated carbocycles. The molecule has 2 rings (SSSR count). The minimum Gasteiger partial charge on any atom is -0.381 e. The van der Waals surface area contributed by atoms with Crippen molar-refractivity contribution in [1.82, 2.24) is 10.6 Å². The van der Waals surface area contributed by atoms with Gasteiger partial charge in [0.15, 0.2) is 5.96 Å². The average molecular weight is 325 g/mol. The molecule has 0 atom stereocenters. The summed E-state index contributed by atoms with van der Waals surface area (Å²) in [6.45, 7) is 3.14. The van der Waals surface area contributed by atoms with E-state index in [0.29, 0.717) is 12.5 Å². The number of guanidine groups is 1. The van der Waals surface area contributed by atoms with Gasteiger partial charge < -0.3 is 15.4 Å². The number of hydrogen-bond donors (Lipinski definition) is 2. The lowest BCUT2D eigenvalue weighted by atomic mass is 10.0. The van der Waals surface area contributed by atoms with Gasteiger partial charge in [-0.25, -0.2) is 4.39 Å². The maximum atomic E-state index is 13.4. The van der Waals surface area contributed by atoms with Crippen LogP contribution in [0.1, 0.15) is 18.4 Å². The summed E-state index contributed by atoms with van der Waals surface area (Å²) in [5.41, 5.74) is 0.946. The van der Waals surface area contributed by atoms with Crippen LogP contribution in [0.25, 0.3) is 0 Å². The first-order valence-electron chi connectivity index (χ1n) is 7.57. The highest BCUT2D eigenvalue weighted by molar-refractivity contribution is 7.98. The van der Waals surface area contributed by atoms with Gasteiger partial charge in [-0.3, -0.25) is 4.99 Å². The van der Waals surface area contributed by atoms with Crippen LogP contribution in [0.4, 0.5) is 4.39 Å². The molecule has 6 heteroatoms. The molecule has 0 amide bonds. The van der Waals surface area contributed by atoms with Gasteiger partial charge in [-0.2, -0.15) is 0 Å². The number of hydrogen-bond acceptors (Lipinski definition) is 3. The number of nitrogens with one attached hydrogen (secondary N) is 2. The maximum Gasteiger partial charge on any atom is 0.191 e. The minimum atomic E-state index is -0.209. The monoisotopic (exact) mass is 325 g/mol. The van der Waals surface area contributed by atoms with Gasteiger partial charge in [0, 0.05) is 38.2 Å². The fourth-order valence-corrected chi connectivity index (χ4v) is 3.07. The van der Waals surface area contributed by atoms with E-state index in [9.17, 15) is 4.39 Å². The molecule has 0 radical (unpaired) electrons. The van der Waals surface area contributed by atoms with Crippen molar-refractivity contribution in [2.45, 2.75) is 24.3 Å². The highest BCUT2D eigenvalue weighted by Crippen LogP contribution is 2.21. The van der Waals surface area contributed by atoms with Crippen molar-refractivity contribution >= 4 is 17.7 Å². The van der Waals surface area contributed by atoms with Gasteiger partial charge in [-0.05, 0) is 48.8 Å². The predicted molar refractivity (Wildman–Crippen MR) is 89.9 cm³/mol. The molecule has 0 spiro atoms. The number of halogens is 1. The van der Waals surface area contributed by atoms with Crippen molar-refractivity contribution in [2.75, 3.05) is 33.1 Å². The highest BCUT2D eigenvalue weighted by Gasteiger charge is 2.14. The fraction of sp³-hybridized carbons (Fsp3) is 0.562. The number of nitrogens with zero attached hydrogens (tertiary/aromatic N) is 1. The Bertz CT molecular complexity index is 504. The van der Waals surface area contributed by atoms with Crippen molar-refractivity contribution in [3.63, 3.8) is 0 Å². The van der Waals surface area contributed by atoms with E-state index in [1.165, 1.54) is 6.07 Å². The molecule has 1 aromatic carbocycles. The molecular formula is C16H24FN3OS. The molecule has 1 heterocycles. The Morgan fingerprint density at radius 1 is 1.36 bits per heavy atom. The summed E-state index contributed by atoms with van der Waals surface area (Å²) >= 11 is 1.62. The topological polar surface area (TPSA) is 45.7 Å². The van der Waals surface area contributed by atoms with Crippen LogP contribution in [0, 0.1) is 11.7 Å². The lowest BCUT2D eigenvalue weighted by Gasteiger charge is -2.23. The SMILES string of the molecule is CN=C(NCc1cc(F)ccc1SC)NCC1CCOCC1. The average Bonchev–Trinajstić information content (AvgIpc) is 2.56. The Morgan fingerprint density at radius 3 is 2.82 bits per heavy atom. The van der Waals surface area contributed by atoms with E-state index in [-0.39, 0.29) is 5.82 Å². The molecule has 1 fully saturated rings. The number of ether oxygens (including phenoxy) is 1. The van der Waals surface area contributed by atoms with Crippen LogP contribution >= 0.6 is 11.8 Å². The summed E-state index contributed by atoms with van der Waals surface area (Å²) in [5, 5.41) is 6.60. The van der Waals surface area contributed by atoms with Gasteiger partial charge in [-0.1, -0.05) is 0 Å². The number of rotatable bonds is 5. The van der Waals surface area contributed by atoms with Gasteiger partial charge in [0.05, 0.1) is 0 Å². The quantitative estimate of drug-likeness (QED) is 0.496. The smallest absolute Gasteiger partial charge is 0.191 e. The molecule has 122 valence electrons. The molecule has 0 aromatic heterocycles. The van der Waals surface area contributed by atoms with E-state index in [2.05, 4.69) is 15.6 Å². The lowest BCUT2D eigenvalue weighted by molar-refractivity contribution is 0.0675. The van der Waals surface area contributed by atoms with Crippen molar-refractivity contribution < 1.29 is 9.13 Å². The zero-order valence-corrected chi connectivity index (χ0v) is 14.0. The first kappa shape index (κ1) is 17.1. The Hall–Kier alpha value is -1.27. The zero-order chi connectivity index (χ0) is 15.8. The summed E-state index contributed by atoms with van der Waals surface area (Å²) in [5.74, 6) is 1.17. The second-order valence-electron chi connectivity index (χ2n) is 5.32. The second-order valence-corrected chi connectivity index (χ2v) is 6.17. The third-order valence-electron chi connectivity index (χ3n) is 3.81. The van der Waals surface area contributed by atoms with Crippen LogP contribution in [0.2, 0.25) is 0 Å². The number of thioether (sulfide) groups is 1. The van der Waals surface area contributed by atoms with Crippen LogP contribution in [0.15, 0.2) is 28.1 Å². The summed E-state index contributed by atoms with van der Waals surface area (Å²) < 4.78 is 18.7. The second kappa shape index (κ2) is 9.00. The third kappa shape index (κ3) is 5.18. The van der Waals surface area contributed by atoms with Crippen LogP contribution in [-0.2, 0) is 11.3 Å². The molecule has 0 bridgehead atoms. The van der Waals surface area contributed by atoms with E-state index in [4.69, 9.17) is 4.74 Å². The van der Waals surface area contributed by atoms with E-state index < -0.39 is 0 Å². The van der Waals surface area contributed by atoms with E-state index in [1.54, 1.807) is 24.9 Å². The molecule has 22 heavy (non-hydrogen) atoms. The first-order valence-corrected chi connectivity index (χ1v) is 8.80. The Morgan fingerprint density at radius 2 is 2.14 bits per heavy atom. The van der Waals surface area contributed by atoms with E-state index >= 15 is 0 Å². The normalized spacial score (nSPS) is 16.6. The van der Waals surface area contributed by atoms with Gasteiger partial charge in [-0.15, -0.1) is 11.8 Å². The molecule has 1 aromatic rings. The molecular weight excluding hydrogens is 301 g/mol. The van der Waals surface area contributed by atoms with Crippen molar-refractivity contribution in [1.29, 1.82) is 0 Å². The molecule has 4 nitrogen and oxygen atoms in total. The molecule has 0 aliphatic carbocycles. The highest BCUT2D eigenvalue weighted by atomic mass is 32.2. The molecule has 1 aliphatic heterocycles. The van der Waals surface area contributed by atoms with Crippen LogP contribution in [-0.4, -0.2) is 39.0 Å². The molecule has 1 saturated heterocycles. The lowest BCUT2D eigenvalue weighted by Crippen LogP contribution is -2.40. The maximum absolute atomic E-state index is 13.4. The predicted octanol–water partition coefficient (Wildman–Crippen LogP) is 2.64. The standard InChI is InChI=1S/C16H24FN3OS/c1-18-16(19-10-12-5-7-21-8-6-12)20-11-13-9-14(17)3-4-15(13)22-2/h3-4,9,12H,5-8,10-11H2,1-2H3,(H2,18,19,20). The van der Waals surface area contributed by atoms with Crippen LogP contribution < -0.4 is 10.6 Å². The minimum absolute atomic E-state index is 0.209. The summed E-state index contributed by atoms with van der Waals surface area (Å²) in [6, 6.07) is 4.88. The summed E-state index contributed by atoms with van der Waals surface area (Å²) in [6.07, 6.45) is 4.17. The Labute approximate surface area is 135 Å². The van der Waals surface area contributed by atoms with Gasteiger partial charge in [0.25, 0.3) is 0 Å². The first-order chi connectivity index (χ1) is 10.7. The van der Waals surface area contributed by atoms with Crippen molar-refractivity contribution in [3.05, 3.63) is 29.6 Å². The van der Waals surface area contributed by atoms with E-state index in [1.807, 2.05) is 12.3 Å². The van der Waals surface area contributed by atoms with E-state index in [0.717, 1.165) is 49.0 Å². The number of aliphatic imine (C=N–C) groups is 1. The van der Waals surface area contributed by atoms with Gasteiger partial charge in [0.1, 0.15) is 5.82 Å². The number of benzene rings is 1. The molecule has 0 unspecified atom stereocenters. The zero-order valence-electron chi connectivity index (χ0n) is 13.2. The largest absolute Gasteiger partial charge is 0.381 e.